The van der Waals surface area contributed by atoms with Gasteiger partial charge in [-0.1, -0.05) is 13.3 Å². The van der Waals surface area contributed by atoms with Gasteiger partial charge in [0.15, 0.2) is 0 Å². The molecule has 4 heteroatoms. The fourth-order valence-corrected chi connectivity index (χ4v) is 6.09. The SMILES string of the molecule is CCN1CCC[C@H](NC(=O)N[C@@H]2C[C@H]3C[C@H]2[C@H]2CCC[C@@H]32)C1. The summed E-state index contributed by atoms with van der Waals surface area (Å²) in [5.74, 6) is 3.62. The van der Waals surface area contributed by atoms with Crippen molar-refractivity contribution in [3.8, 4) is 0 Å². The monoisotopic (exact) mass is 305 g/mol. The zero-order chi connectivity index (χ0) is 15.1. The molecule has 0 aromatic heterocycles. The topological polar surface area (TPSA) is 44.4 Å². The first-order valence-electron chi connectivity index (χ1n) is 9.54. The molecular weight excluding hydrogens is 274 g/mol. The Hall–Kier alpha value is -0.770. The summed E-state index contributed by atoms with van der Waals surface area (Å²) < 4.78 is 0. The lowest BCUT2D eigenvalue weighted by Crippen LogP contribution is -2.53. The van der Waals surface area contributed by atoms with Gasteiger partial charge in [-0.05, 0) is 75.3 Å². The minimum atomic E-state index is 0.0926. The van der Waals surface area contributed by atoms with Gasteiger partial charge in [0, 0.05) is 18.6 Å². The van der Waals surface area contributed by atoms with E-state index in [1.807, 2.05) is 0 Å². The number of carbonyl (C=O) groups excluding carboxylic acids is 1. The zero-order valence-corrected chi connectivity index (χ0v) is 13.9. The van der Waals surface area contributed by atoms with Gasteiger partial charge in [0.25, 0.3) is 0 Å². The van der Waals surface area contributed by atoms with Crippen LogP contribution in [0.25, 0.3) is 0 Å². The first-order chi connectivity index (χ1) is 10.7. The molecule has 3 saturated carbocycles. The molecular formula is C18H31N3O. The Labute approximate surface area is 134 Å². The predicted octanol–water partition coefficient (Wildman–Crippen LogP) is 2.59. The maximum absolute atomic E-state index is 12.4. The number of nitrogens with one attached hydrogen (secondary N) is 2. The Morgan fingerprint density at radius 2 is 1.91 bits per heavy atom. The van der Waals surface area contributed by atoms with Gasteiger partial charge in [0.05, 0.1) is 0 Å². The summed E-state index contributed by atoms with van der Waals surface area (Å²) in [6, 6.07) is 0.886. The molecule has 3 aliphatic carbocycles. The molecule has 22 heavy (non-hydrogen) atoms. The summed E-state index contributed by atoms with van der Waals surface area (Å²) in [5.41, 5.74) is 0. The fraction of sp³-hybridized carbons (Fsp3) is 0.944. The highest BCUT2D eigenvalue weighted by molar-refractivity contribution is 5.74. The van der Waals surface area contributed by atoms with E-state index in [-0.39, 0.29) is 6.03 Å². The van der Waals surface area contributed by atoms with Crippen LogP contribution in [0.2, 0.25) is 0 Å². The third-order valence-electron chi connectivity index (χ3n) is 7.03. The molecule has 1 saturated heterocycles. The predicted molar refractivity (Wildman–Crippen MR) is 87.6 cm³/mol. The highest BCUT2D eigenvalue weighted by atomic mass is 16.2. The average molecular weight is 305 g/mol. The van der Waals surface area contributed by atoms with Crippen LogP contribution in [0.4, 0.5) is 4.79 Å². The van der Waals surface area contributed by atoms with Crippen LogP contribution < -0.4 is 10.6 Å². The molecule has 2 N–H and O–H groups in total. The number of carbonyl (C=O) groups is 1. The number of amides is 2. The van der Waals surface area contributed by atoms with Gasteiger partial charge in [-0.3, -0.25) is 0 Å². The van der Waals surface area contributed by atoms with Crippen molar-refractivity contribution < 1.29 is 4.79 Å². The van der Waals surface area contributed by atoms with Crippen LogP contribution in [-0.4, -0.2) is 42.6 Å². The summed E-state index contributed by atoms with van der Waals surface area (Å²) in [6.45, 7) is 5.50. The molecule has 0 aromatic carbocycles. The number of urea groups is 1. The highest BCUT2D eigenvalue weighted by Crippen LogP contribution is 2.58. The van der Waals surface area contributed by atoms with Crippen LogP contribution in [0.5, 0.6) is 0 Å². The van der Waals surface area contributed by atoms with Crippen LogP contribution >= 0.6 is 0 Å². The molecule has 124 valence electrons. The normalized spacial score (nSPS) is 44.0. The number of nitrogens with zero attached hydrogens (tertiary/aromatic N) is 1. The molecule has 1 aliphatic heterocycles. The van der Waals surface area contributed by atoms with Crippen molar-refractivity contribution in [3.05, 3.63) is 0 Å². The molecule has 0 aromatic rings. The molecule has 0 spiro atoms. The molecule has 0 unspecified atom stereocenters. The van der Waals surface area contributed by atoms with Crippen LogP contribution in [0.15, 0.2) is 0 Å². The molecule has 4 rings (SSSR count). The van der Waals surface area contributed by atoms with Crippen molar-refractivity contribution in [2.45, 2.75) is 64.0 Å². The van der Waals surface area contributed by atoms with Gasteiger partial charge in [-0.15, -0.1) is 0 Å². The van der Waals surface area contributed by atoms with E-state index in [1.165, 1.54) is 45.1 Å². The Balaban J connectivity index is 1.28. The van der Waals surface area contributed by atoms with Crippen molar-refractivity contribution in [1.82, 2.24) is 15.5 Å². The molecule has 0 radical (unpaired) electrons. The Bertz CT molecular complexity index is 427. The summed E-state index contributed by atoms with van der Waals surface area (Å²) in [5, 5.41) is 6.57. The summed E-state index contributed by atoms with van der Waals surface area (Å²) in [6.07, 6.45) is 9.26. The van der Waals surface area contributed by atoms with Gasteiger partial charge in [-0.25, -0.2) is 4.79 Å². The maximum Gasteiger partial charge on any atom is 0.315 e. The number of piperidine rings is 1. The fourth-order valence-electron chi connectivity index (χ4n) is 6.09. The van der Waals surface area contributed by atoms with E-state index in [2.05, 4.69) is 22.5 Å². The second-order valence-electron chi connectivity index (χ2n) is 8.11. The summed E-state index contributed by atoms with van der Waals surface area (Å²) >= 11 is 0. The molecule has 4 fully saturated rings. The van der Waals surface area contributed by atoms with Crippen LogP contribution in [0.1, 0.15) is 51.9 Å². The molecule has 1 heterocycles. The first kappa shape index (κ1) is 14.8. The third-order valence-corrected chi connectivity index (χ3v) is 7.03. The Kier molecular flexibility index (Phi) is 4.05. The standard InChI is InChI=1S/C18H31N3O/c1-2-21-8-4-5-13(11-21)19-18(22)20-17-10-12-9-16(17)15-7-3-6-14(12)15/h12-17H,2-11H2,1H3,(H2,19,20,22)/t12-,13+,14+,15+,16+,17-/m1/s1. The van der Waals surface area contributed by atoms with E-state index >= 15 is 0 Å². The van der Waals surface area contributed by atoms with Crippen LogP contribution in [0.3, 0.4) is 0 Å². The highest BCUT2D eigenvalue weighted by Gasteiger charge is 2.54. The van der Waals surface area contributed by atoms with Gasteiger partial charge < -0.3 is 15.5 Å². The third kappa shape index (κ3) is 2.64. The van der Waals surface area contributed by atoms with Crippen molar-refractivity contribution >= 4 is 6.03 Å². The molecule has 4 aliphatic rings. The minimum absolute atomic E-state index is 0.0926. The largest absolute Gasteiger partial charge is 0.335 e. The van der Waals surface area contributed by atoms with E-state index in [4.69, 9.17) is 0 Å². The summed E-state index contributed by atoms with van der Waals surface area (Å²) in [7, 11) is 0. The van der Waals surface area contributed by atoms with Crippen molar-refractivity contribution in [2.24, 2.45) is 23.7 Å². The first-order valence-corrected chi connectivity index (χ1v) is 9.54. The zero-order valence-electron chi connectivity index (χ0n) is 13.9. The van der Waals surface area contributed by atoms with Gasteiger partial charge in [0.2, 0.25) is 0 Å². The minimum Gasteiger partial charge on any atom is -0.335 e. The van der Waals surface area contributed by atoms with Crippen molar-refractivity contribution in [2.75, 3.05) is 19.6 Å². The van der Waals surface area contributed by atoms with Crippen molar-refractivity contribution in [1.29, 1.82) is 0 Å². The lowest BCUT2D eigenvalue weighted by atomic mass is 9.79. The second kappa shape index (κ2) is 6.03. The number of likely N-dealkylation sites (N-methyl/N-ethyl adjacent to an activating group) is 1. The number of likely N-dealkylation sites (tertiary alicyclic amines) is 1. The number of hydrogen-bond donors (Lipinski definition) is 2. The molecule has 4 nitrogen and oxygen atoms in total. The Morgan fingerprint density at radius 3 is 2.77 bits per heavy atom. The van der Waals surface area contributed by atoms with Gasteiger partial charge >= 0.3 is 6.03 Å². The molecule has 6 atom stereocenters. The lowest BCUT2D eigenvalue weighted by Gasteiger charge is -2.34. The van der Waals surface area contributed by atoms with Gasteiger partial charge in [-0.2, -0.15) is 0 Å². The van der Waals surface area contributed by atoms with E-state index in [1.54, 1.807) is 0 Å². The van der Waals surface area contributed by atoms with E-state index in [0.29, 0.717) is 12.1 Å². The van der Waals surface area contributed by atoms with Crippen LogP contribution in [-0.2, 0) is 0 Å². The van der Waals surface area contributed by atoms with Gasteiger partial charge in [0.1, 0.15) is 0 Å². The van der Waals surface area contributed by atoms with Crippen LogP contribution in [0, 0.1) is 23.7 Å². The maximum atomic E-state index is 12.4. The average Bonchev–Trinajstić information content (AvgIpc) is 3.19. The molecule has 2 amide bonds. The Morgan fingerprint density at radius 1 is 1.05 bits per heavy atom. The second-order valence-corrected chi connectivity index (χ2v) is 8.11. The smallest absolute Gasteiger partial charge is 0.315 e. The summed E-state index contributed by atoms with van der Waals surface area (Å²) in [4.78, 5) is 14.8. The number of rotatable bonds is 3. The van der Waals surface area contributed by atoms with E-state index in [0.717, 1.165) is 43.2 Å². The lowest BCUT2D eigenvalue weighted by molar-refractivity contribution is 0.179. The number of fused-ring (bicyclic) bond motifs is 5. The van der Waals surface area contributed by atoms with E-state index < -0.39 is 0 Å². The quantitative estimate of drug-likeness (QED) is 0.842. The molecule has 2 bridgehead atoms. The number of hydrogen-bond acceptors (Lipinski definition) is 2. The van der Waals surface area contributed by atoms with E-state index in [9.17, 15) is 4.79 Å². The van der Waals surface area contributed by atoms with Crippen molar-refractivity contribution in [3.63, 3.8) is 0 Å².